The molecule has 2 aromatic rings. The zero-order valence-corrected chi connectivity index (χ0v) is 10.9. The number of nitrogens with two attached hydrogens (primary N) is 1. The van der Waals surface area contributed by atoms with E-state index < -0.39 is 11.9 Å². The predicted octanol–water partition coefficient (Wildman–Crippen LogP) is 0.423. The number of para-hydroxylation sites is 1. The summed E-state index contributed by atoms with van der Waals surface area (Å²) in [5, 5.41) is 3.93. The molecule has 0 unspecified atom stereocenters. The van der Waals surface area contributed by atoms with Crippen molar-refractivity contribution in [3.63, 3.8) is 0 Å². The molecule has 0 bridgehead atoms. The van der Waals surface area contributed by atoms with Crippen molar-refractivity contribution in [2.45, 2.75) is 0 Å². The maximum Gasteiger partial charge on any atom is 0.377 e. The Bertz CT molecular complexity index is 665. The second-order valence-corrected chi connectivity index (χ2v) is 3.74. The molecule has 0 aliphatic heterocycles. The molecule has 1 heterocycles. The molecule has 1 aromatic carbocycles. The van der Waals surface area contributed by atoms with Gasteiger partial charge < -0.3 is 15.2 Å². The summed E-state index contributed by atoms with van der Waals surface area (Å²) in [6.07, 6.45) is 1.27. The van der Waals surface area contributed by atoms with Crippen molar-refractivity contribution in [1.82, 2.24) is 14.8 Å². The van der Waals surface area contributed by atoms with Crippen LogP contribution in [-0.2, 0) is 9.47 Å². The van der Waals surface area contributed by atoms with Crippen LogP contribution in [0, 0.1) is 0 Å². The third kappa shape index (κ3) is 2.30. The molecule has 104 valence electrons. The number of carbonyl (C=O) groups excluding carboxylic acids is 2. The number of nitrogen functional groups attached to an aromatic ring is 1. The van der Waals surface area contributed by atoms with Gasteiger partial charge in [-0.2, -0.15) is 0 Å². The van der Waals surface area contributed by atoms with Crippen LogP contribution in [0.1, 0.15) is 21.0 Å². The van der Waals surface area contributed by atoms with E-state index in [-0.39, 0.29) is 11.4 Å². The van der Waals surface area contributed by atoms with Gasteiger partial charge in [-0.1, -0.05) is 6.07 Å². The summed E-state index contributed by atoms with van der Waals surface area (Å²) in [4.78, 5) is 26.9. The van der Waals surface area contributed by atoms with Gasteiger partial charge in [-0.3, -0.25) is 0 Å². The van der Waals surface area contributed by atoms with Gasteiger partial charge in [0.25, 0.3) is 5.82 Å². The van der Waals surface area contributed by atoms with Crippen molar-refractivity contribution < 1.29 is 19.1 Å². The van der Waals surface area contributed by atoms with Gasteiger partial charge in [0, 0.05) is 0 Å². The zero-order valence-electron chi connectivity index (χ0n) is 10.9. The van der Waals surface area contributed by atoms with Gasteiger partial charge in [-0.25, -0.2) is 19.3 Å². The minimum atomic E-state index is -0.683. The standard InChI is InChI=1S/C12H12N4O4/c1-19-11(17)7-4-3-5-8(13)9(7)16-6-14-10(15-16)12(18)20-2/h3-6H,13H2,1-2H3. The molecule has 0 saturated carbocycles. The van der Waals surface area contributed by atoms with Gasteiger partial charge in [-0.05, 0) is 12.1 Å². The third-order valence-corrected chi connectivity index (χ3v) is 2.56. The first kappa shape index (κ1) is 13.5. The van der Waals surface area contributed by atoms with Crippen LogP contribution in [0.5, 0.6) is 0 Å². The molecule has 2 rings (SSSR count). The molecule has 20 heavy (non-hydrogen) atoms. The van der Waals surface area contributed by atoms with Gasteiger partial charge in [-0.15, -0.1) is 5.10 Å². The lowest BCUT2D eigenvalue weighted by molar-refractivity contribution is 0.0584. The number of esters is 2. The lowest BCUT2D eigenvalue weighted by atomic mass is 10.1. The van der Waals surface area contributed by atoms with Crippen LogP contribution in [-0.4, -0.2) is 40.9 Å². The van der Waals surface area contributed by atoms with Crippen molar-refractivity contribution in [2.24, 2.45) is 0 Å². The minimum Gasteiger partial charge on any atom is -0.465 e. The van der Waals surface area contributed by atoms with Crippen molar-refractivity contribution in [3.05, 3.63) is 35.9 Å². The highest BCUT2D eigenvalue weighted by Gasteiger charge is 2.19. The van der Waals surface area contributed by atoms with Crippen LogP contribution in [0.15, 0.2) is 24.5 Å². The second kappa shape index (κ2) is 5.39. The molecule has 0 aliphatic rings. The van der Waals surface area contributed by atoms with Crippen molar-refractivity contribution in [3.8, 4) is 5.69 Å². The quantitative estimate of drug-likeness (QED) is 0.639. The number of carbonyl (C=O) groups is 2. The van der Waals surface area contributed by atoms with Crippen molar-refractivity contribution in [1.29, 1.82) is 0 Å². The number of nitrogens with zero attached hydrogens (tertiary/aromatic N) is 3. The average molecular weight is 276 g/mol. The van der Waals surface area contributed by atoms with Crippen LogP contribution in [0.25, 0.3) is 5.69 Å². The molecular formula is C12H12N4O4. The molecule has 8 heteroatoms. The van der Waals surface area contributed by atoms with Gasteiger partial charge in [0.15, 0.2) is 0 Å². The Hall–Kier alpha value is -2.90. The zero-order chi connectivity index (χ0) is 14.7. The fourth-order valence-electron chi connectivity index (χ4n) is 1.65. The van der Waals surface area contributed by atoms with E-state index in [2.05, 4.69) is 19.6 Å². The summed E-state index contributed by atoms with van der Waals surface area (Å²) in [7, 11) is 2.48. The first-order valence-corrected chi connectivity index (χ1v) is 5.55. The molecule has 1 aromatic heterocycles. The fraction of sp³-hybridized carbons (Fsp3) is 0.167. The Kier molecular flexibility index (Phi) is 3.65. The van der Waals surface area contributed by atoms with E-state index in [9.17, 15) is 9.59 Å². The number of hydrogen-bond donors (Lipinski definition) is 1. The normalized spacial score (nSPS) is 10.1. The molecule has 0 aliphatic carbocycles. The maximum absolute atomic E-state index is 11.7. The fourth-order valence-corrected chi connectivity index (χ4v) is 1.65. The monoisotopic (exact) mass is 276 g/mol. The first-order chi connectivity index (χ1) is 9.58. The summed E-state index contributed by atoms with van der Waals surface area (Å²) in [6, 6.07) is 4.75. The third-order valence-electron chi connectivity index (χ3n) is 2.56. The van der Waals surface area contributed by atoms with Crippen LogP contribution in [0.2, 0.25) is 0 Å². The van der Waals surface area contributed by atoms with Gasteiger partial charge >= 0.3 is 11.9 Å². The number of rotatable bonds is 3. The Labute approximate surface area is 114 Å². The van der Waals surface area contributed by atoms with Crippen LogP contribution in [0.4, 0.5) is 5.69 Å². The highest BCUT2D eigenvalue weighted by molar-refractivity contribution is 5.95. The Morgan fingerprint density at radius 3 is 2.55 bits per heavy atom. The molecule has 0 spiro atoms. The van der Waals surface area contributed by atoms with Crippen molar-refractivity contribution >= 4 is 17.6 Å². The van der Waals surface area contributed by atoms with Crippen LogP contribution < -0.4 is 5.73 Å². The number of methoxy groups -OCH3 is 2. The molecule has 0 amide bonds. The van der Waals surface area contributed by atoms with Crippen LogP contribution in [0.3, 0.4) is 0 Å². The molecule has 8 nitrogen and oxygen atoms in total. The SMILES string of the molecule is COC(=O)c1ncn(-c2c(N)cccc2C(=O)OC)n1. The maximum atomic E-state index is 11.7. The Morgan fingerprint density at radius 2 is 1.90 bits per heavy atom. The summed E-state index contributed by atoms with van der Waals surface area (Å²) in [5.74, 6) is -1.38. The highest BCUT2D eigenvalue weighted by Crippen LogP contribution is 2.22. The minimum absolute atomic E-state index is 0.133. The van der Waals surface area contributed by atoms with E-state index in [4.69, 9.17) is 5.73 Å². The average Bonchev–Trinajstić information content (AvgIpc) is 2.94. The predicted molar refractivity (Wildman–Crippen MR) is 68.5 cm³/mol. The number of hydrogen-bond acceptors (Lipinski definition) is 7. The lowest BCUT2D eigenvalue weighted by Gasteiger charge is -2.09. The van der Waals surface area contributed by atoms with Gasteiger partial charge in [0.05, 0.1) is 25.5 Å². The summed E-state index contributed by atoms with van der Waals surface area (Å²) in [6.45, 7) is 0. The van der Waals surface area contributed by atoms with E-state index in [1.165, 1.54) is 31.3 Å². The van der Waals surface area contributed by atoms with E-state index in [1.807, 2.05) is 0 Å². The smallest absolute Gasteiger partial charge is 0.377 e. The molecular weight excluding hydrogens is 264 g/mol. The number of aromatic nitrogens is 3. The van der Waals surface area contributed by atoms with Gasteiger partial charge in [0.1, 0.15) is 12.0 Å². The molecule has 2 N–H and O–H groups in total. The molecule has 0 fully saturated rings. The summed E-state index contributed by atoms with van der Waals surface area (Å²) >= 11 is 0. The number of benzene rings is 1. The first-order valence-electron chi connectivity index (χ1n) is 5.55. The lowest BCUT2D eigenvalue weighted by Crippen LogP contribution is -2.11. The second-order valence-electron chi connectivity index (χ2n) is 3.74. The topological polar surface area (TPSA) is 109 Å². The Morgan fingerprint density at radius 1 is 1.20 bits per heavy atom. The number of ether oxygens (including phenoxy) is 2. The van der Waals surface area contributed by atoms with E-state index in [0.717, 1.165) is 0 Å². The Balaban J connectivity index is 2.54. The largest absolute Gasteiger partial charge is 0.465 e. The van der Waals surface area contributed by atoms with Gasteiger partial charge in [0.2, 0.25) is 0 Å². The molecule has 0 radical (unpaired) electrons. The van der Waals surface area contributed by atoms with E-state index >= 15 is 0 Å². The van der Waals surface area contributed by atoms with E-state index in [1.54, 1.807) is 12.1 Å². The molecule has 0 saturated heterocycles. The van der Waals surface area contributed by atoms with Crippen LogP contribution >= 0.6 is 0 Å². The highest BCUT2D eigenvalue weighted by atomic mass is 16.5. The summed E-state index contributed by atoms with van der Waals surface area (Å²) < 4.78 is 10.4. The summed E-state index contributed by atoms with van der Waals surface area (Å²) in [5.41, 5.74) is 6.66. The van der Waals surface area contributed by atoms with Crippen molar-refractivity contribution in [2.75, 3.05) is 20.0 Å². The van der Waals surface area contributed by atoms with E-state index in [0.29, 0.717) is 11.4 Å². The molecule has 0 atom stereocenters. The number of anilines is 1.